The van der Waals surface area contributed by atoms with Crippen molar-refractivity contribution < 1.29 is 0 Å². The second-order valence-corrected chi connectivity index (χ2v) is 12.5. The third-order valence-electron chi connectivity index (χ3n) is 8.78. The molecule has 0 saturated carbocycles. The predicted molar refractivity (Wildman–Crippen MR) is 194 cm³/mol. The molecule has 0 unspecified atom stereocenters. The predicted octanol–water partition coefficient (Wildman–Crippen LogP) is 12.3. The molecule has 9 rings (SSSR count). The van der Waals surface area contributed by atoms with Gasteiger partial charge in [0.15, 0.2) is 0 Å². The Balaban J connectivity index is 1.31. The van der Waals surface area contributed by atoms with Gasteiger partial charge in [0.25, 0.3) is 0 Å². The third kappa shape index (κ3) is 4.24. The number of rotatable bonds is 5. The highest BCUT2D eigenvalue weighted by Gasteiger charge is 2.22. The van der Waals surface area contributed by atoms with Crippen LogP contribution in [0.3, 0.4) is 0 Å². The van der Waals surface area contributed by atoms with Gasteiger partial charge in [-0.15, -0.1) is 11.3 Å². The number of fused-ring (bicyclic) bond motifs is 6. The molecule has 7 aromatic carbocycles. The van der Waals surface area contributed by atoms with Gasteiger partial charge >= 0.3 is 0 Å². The van der Waals surface area contributed by atoms with Crippen molar-refractivity contribution in [3.8, 4) is 16.8 Å². The lowest BCUT2D eigenvalue weighted by Crippen LogP contribution is -2.11. The highest BCUT2D eigenvalue weighted by Crippen LogP contribution is 2.45. The van der Waals surface area contributed by atoms with Gasteiger partial charge in [0.05, 0.1) is 16.7 Å². The fourth-order valence-corrected chi connectivity index (χ4v) is 7.88. The SMILES string of the molecule is c1ccc(-c2ccc(-n3c4ccccc4c4cccc(N(c5ccccc5)c5ccc6c(c5)sc5ccccc56)c43)cc2)cc1. The summed E-state index contributed by atoms with van der Waals surface area (Å²) in [5.74, 6) is 0. The Morgan fingerprint density at radius 2 is 1.07 bits per heavy atom. The van der Waals surface area contributed by atoms with E-state index in [0.29, 0.717) is 0 Å². The zero-order valence-electron chi connectivity index (χ0n) is 24.5. The van der Waals surface area contributed by atoms with Crippen LogP contribution >= 0.6 is 11.3 Å². The first-order valence-electron chi connectivity index (χ1n) is 15.3. The van der Waals surface area contributed by atoms with E-state index in [1.54, 1.807) is 0 Å². The van der Waals surface area contributed by atoms with Gasteiger partial charge in [0.2, 0.25) is 0 Å². The molecular formula is C42H28N2S. The first-order valence-corrected chi connectivity index (χ1v) is 16.1. The number of hydrogen-bond donors (Lipinski definition) is 0. The third-order valence-corrected chi connectivity index (χ3v) is 9.92. The molecule has 0 fully saturated rings. The summed E-state index contributed by atoms with van der Waals surface area (Å²) in [6, 6.07) is 61.4. The van der Waals surface area contributed by atoms with Crippen molar-refractivity contribution in [2.75, 3.05) is 4.90 Å². The highest BCUT2D eigenvalue weighted by molar-refractivity contribution is 7.25. The number of para-hydroxylation sites is 3. The molecule has 0 aliphatic heterocycles. The Morgan fingerprint density at radius 3 is 1.89 bits per heavy atom. The molecule has 0 aliphatic carbocycles. The van der Waals surface area contributed by atoms with Gasteiger partial charge in [-0.3, -0.25) is 0 Å². The van der Waals surface area contributed by atoms with E-state index >= 15 is 0 Å². The standard InChI is InChI=1S/C42H28N2S/c1-3-12-29(13-4-1)30-22-24-32(25-23-30)44-38-19-9-7-16-34(38)37-18-11-20-39(42(37)44)43(31-14-5-2-6-15-31)33-26-27-36-35-17-8-10-21-40(35)45-41(36)28-33/h1-28H. The van der Waals surface area contributed by atoms with Crippen molar-refractivity contribution in [2.24, 2.45) is 0 Å². The number of aromatic nitrogens is 1. The van der Waals surface area contributed by atoms with Crippen molar-refractivity contribution in [3.63, 3.8) is 0 Å². The molecular weight excluding hydrogens is 565 g/mol. The summed E-state index contributed by atoms with van der Waals surface area (Å²) in [5.41, 5.74) is 9.36. The van der Waals surface area contributed by atoms with Crippen LogP contribution in [0.15, 0.2) is 170 Å². The van der Waals surface area contributed by atoms with Gasteiger partial charge in [-0.05, 0) is 65.7 Å². The summed E-state index contributed by atoms with van der Waals surface area (Å²) >= 11 is 1.86. The van der Waals surface area contributed by atoms with Gasteiger partial charge in [-0.25, -0.2) is 0 Å². The number of benzene rings is 7. The lowest BCUT2D eigenvalue weighted by molar-refractivity contribution is 1.17. The minimum atomic E-state index is 1.13. The smallest absolute Gasteiger partial charge is 0.0782 e. The molecule has 0 spiro atoms. The fourth-order valence-electron chi connectivity index (χ4n) is 6.74. The Labute approximate surface area is 265 Å². The fraction of sp³-hybridized carbons (Fsp3) is 0. The monoisotopic (exact) mass is 592 g/mol. The minimum absolute atomic E-state index is 1.13. The number of thiophene rings is 1. The highest BCUT2D eigenvalue weighted by atomic mass is 32.1. The second-order valence-electron chi connectivity index (χ2n) is 11.4. The van der Waals surface area contributed by atoms with E-state index < -0.39 is 0 Å². The maximum absolute atomic E-state index is 2.43. The van der Waals surface area contributed by atoms with Crippen molar-refractivity contribution in [1.82, 2.24) is 4.57 Å². The van der Waals surface area contributed by atoms with E-state index in [2.05, 4.69) is 179 Å². The van der Waals surface area contributed by atoms with Crippen LogP contribution in [0.4, 0.5) is 17.1 Å². The molecule has 0 aliphatic rings. The molecule has 0 atom stereocenters. The second kappa shape index (κ2) is 10.5. The molecule has 0 radical (unpaired) electrons. The van der Waals surface area contributed by atoms with E-state index in [0.717, 1.165) is 22.7 Å². The van der Waals surface area contributed by atoms with Gasteiger partial charge in [0.1, 0.15) is 0 Å². The van der Waals surface area contributed by atoms with Crippen LogP contribution in [-0.2, 0) is 0 Å². The van der Waals surface area contributed by atoms with Crippen molar-refractivity contribution in [2.45, 2.75) is 0 Å². The average molecular weight is 593 g/mol. The number of nitrogens with zero attached hydrogens (tertiary/aromatic N) is 2. The van der Waals surface area contributed by atoms with Gasteiger partial charge in [0, 0.05) is 48.0 Å². The number of hydrogen-bond acceptors (Lipinski definition) is 2. The summed E-state index contributed by atoms with van der Waals surface area (Å²) in [6.07, 6.45) is 0. The molecule has 9 aromatic rings. The molecule has 2 aromatic heterocycles. The molecule has 0 bridgehead atoms. The molecule has 0 N–H and O–H groups in total. The van der Waals surface area contributed by atoms with E-state index in [-0.39, 0.29) is 0 Å². The molecule has 0 amide bonds. The zero-order valence-corrected chi connectivity index (χ0v) is 25.3. The van der Waals surface area contributed by atoms with Gasteiger partial charge in [-0.2, -0.15) is 0 Å². The van der Waals surface area contributed by atoms with E-state index in [9.17, 15) is 0 Å². The first kappa shape index (κ1) is 25.8. The van der Waals surface area contributed by atoms with Crippen molar-refractivity contribution in [3.05, 3.63) is 170 Å². The Hall–Kier alpha value is -5.64. The van der Waals surface area contributed by atoms with E-state index in [1.807, 2.05) is 11.3 Å². The quantitative estimate of drug-likeness (QED) is 0.193. The maximum Gasteiger partial charge on any atom is 0.0782 e. The van der Waals surface area contributed by atoms with Crippen LogP contribution in [-0.4, -0.2) is 4.57 Å². The van der Waals surface area contributed by atoms with Gasteiger partial charge < -0.3 is 9.47 Å². The van der Waals surface area contributed by atoms with E-state index in [4.69, 9.17) is 0 Å². The summed E-state index contributed by atoms with van der Waals surface area (Å²) in [7, 11) is 0. The van der Waals surface area contributed by atoms with Crippen LogP contribution in [0.25, 0.3) is 58.8 Å². The largest absolute Gasteiger partial charge is 0.308 e. The maximum atomic E-state index is 2.43. The minimum Gasteiger partial charge on any atom is -0.308 e. The van der Waals surface area contributed by atoms with Crippen LogP contribution < -0.4 is 4.90 Å². The average Bonchev–Trinajstić information content (AvgIpc) is 3.65. The molecule has 2 nitrogen and oxygen atoms in total. The normalized spacial score (nSPS) is 11.6. The van der Waals surface area contributed by atoms with Gasteiger partial charge in [-0.1, -0.05) is 115 Å². The van der Waals surface area contributed by atoms with Crippen LogP contribution in [0.1, 0.15) is 0 Å². The zero-order chi connectivity index (χ0) is 29.7. The number of anilines is 3. The Bertz CT molecular complexity index is 2470. The van der Waals surface area contributed by atoms with Crippen LogP contribution in [0, 0.1) is 0 Å². The molecule has 212 valence electrons. The van der Waals surface area contributed by atoms with Crippen molar-refractivity contribution in [1.29, 1.82) is 0 Å². The topological polar surface area (TPSA) is 8.17 Å². The van der Waals surface area contributed by atoms with Crippen molar-refractivity contribution >= 4 is 70.4 Å². The summed E-state index contributed by atoms with van der Waals surface area (Å²) < 4.78 is 5.04. The lowest BCUT2D eigenvalue weighted by Gasteiger charge is -2.27. The summed E-state index contributed by atoms with van der Waals surface area (Å²) in [4.78, 5) is 2.42. The van der Waals surface area contributed by atoms with Crippen LogP contribution in [0.5, 0.6) is 0 Å². The molecule has 0 saturated heterocycles. The Kier molecular flexibility index (Phi) is 6.03. The Morgan fingerprint density at radius 1 is 0.422 bits per heavy atom. The summed E-state index contributed by atoms with van der Waals surface area (Å²) in [6.45, 7) is 0. The van der Waals surface area contributed by atoms with E-state index in [1.165, 1.54) is 53.1 Å². The summed E-state index contributed by atoms with van der Waals surface area (Å²) in [5, 5.41) is 5.10. The lowest BCUT2D eigenvalue weighted by atomic mass is 10.1. The molecule has 3 heteroatoms. The molecule has 45 heavy (non-hydrogen) atoms. The first-order chi connectivity index (χ1) is 22.3. The van der Waals surface area contributed by atoms with Crippen LogP contribution in [0.2, 0.25) is 0 Å². The molecule has 2 heterocycles.